The summed E-state index contributed by atoms with van der Waals surface area (Å²) in [7, 11) is 0. The minimum Gasteiger partial charge on any atom is -0.466 e. The van der Waals surface area contributed by atoms with Gasteiger partial charge in [0.05, 0.1) is 6.26 Å². The van der Waals surface area contributed by atoms with Gasteiger partial charge in [-0.15, -0.1) is 5.92 Å². The third-order valence-corrected chi connectivity index (χ3v) is 1.96. The Morgan fingerprint density at radius 2 is 2.36 bits per heavy atom. The highest BCUT2D eigenvalue weighted by atomic mass is 16.4. The maximum atomic E-state index is 9.50. The lowest BCUT2D eigenvalue weighted by atomic mass is 10.2. The van der Waals surface area contributed by atoms with Crippen LogP contribution in [0, 0.1) is 11.8 Å². The minimum atomic E-state index is -0.772. The van der Waals surface area contributed by atoms with E-state index in [9.17, 15) is 5.11 Å². The van der Waals surface area contributed by atoms with Gasteiger partial charge in [-0.25, -0.2) is 0 Å². The number of hydrogen-bond acceptors (Lipinski definition) is 2. The molecule has 0 saturated heterocycles. The molecule has 1 aromatic heterocycles. The Hall–Kier alpha value is -1.20. The van der Waals surface area contributed by atoms with E-state index in [1.165, 1.54) is 19.1 Å². The van der Waals surface area contributed by atoms with Crippen molar-refractivity contribution in [1.82, 2.24) is 0 Å². The average molecular weight is 192 g/mol. The van der Waals surface area contributed by atoms with Crippen LogP contribution >= 0.6 is 0 Å². The van der Waals surface area contributed by atoms with E-state index in [4.69, 9.17) is 4.42 Å². The van der Waals surface area contributed by atoms with Crippen molar-refractivity contribution in [3.8, 4) is 11.8 Å². The van der Waals surface area contributed by atoms with E-state index < -0.39 is 6.10 Å². The van der Waals surface area contributed by atoms with Crippen LogP contribution < -0.4 is 0 Å². The van der Waals surface area contributed by atoms with Crippen molar-refractivity contribution in [2.75, 3.05) is 0 Å². The highest BCUT2D eigenvalue weighted by Gasteiger charge is 2.04. The van der Waals surface area contributed by atoms with Gasteiger partial charge in [0, 0.05) is 6.42 Å². The highest BCUT2D eigenvalue weighted by molar-refractivity contribution is 5.15. The van der Waals surface area contributed by atoms with Gasteiger partial charge in [-0.05, 0) is 18.6 Å². The molecule has 0 amide bonds. The van der Waals surface area contributed by atoms with Gasteiger partial charge in [-0.2, -0.15) is 0 Å². The Bertz CT molecular complexity index is 290. The molecule has 0 saturated carbocycles. The lowest BCUT2D eigenvalue weighted by Crippen LogP contribution is -1.90. The van der Waals surface area contributed by atoms with E-state index in [1.807, 2.05) is 0 Å². The largest absolute Gasteiger partial charge is 0.466 e. The number of hydrogen-bond donors (Lipinski definition) is 1. The number of aliphatic hydroxyl groups is 1. The van der Waals surface area contributed by atoms with Gasteiger partial charge < -0.3 is 9.52 Å². The van der Waals surface area contributed by atoms with E-state index in [0.29, 0.717) is 5.76 Å². The molecular weight excluding hydrogens is 176 g/mol. The molecule has 1 unspecified atom stereocenters. The highest BCUT2D eigenvalue weighted by Crippen LogP contribution is 2.11. The summed E-state index contributed by atoms with van der Waals surface area (Å²) >= 11 is 0. The number of rotatable bonds is 4. The minimum absolute atomic E-state index is 0.521. The molecule has 2 nitrogen and oxygen atoms in total. The van der Waals surface area contributed by atoms with Crippen LogP contribution in [0.1, 0.15) is 44.5 Å². The summed E-state index contributed by atoms with van der Waals surface area (Å²) in [6.45, 7) is 2.16. The lowest BCUT2D eigenvalue weighted by molar-refractivity contribution is 0.206. The zero-order valence-corrected chi connectivity index (χ0v) is 8.49. The second-order valence-corrected chi connectivity index (χ2v) is 3.20. The van der Waals surface area contributed by atoms with Gasteiger partial charge in [0.15, 0.2) is 6.10 Å². The van der Waals surface area contributed by atoms with Gasteiger partial charge in [0.1, 0.15) is 5.76 Å². The standard InChI is InChI=1S/C12H16O2/c1-2-3-4-5-6-8-11(13)12-9-7-10-14-12/h7,9-11,13H,2-5H2,1H3. The summed E-state index contributed by atoms with van der Waals surface area (Å²) < 4.78 is 5.02. The van der Waals surface area contributed by atoms with Gasteiger partial charge >= 0.3 is 0 Å². The Kier molecular flexibility index (Phi) is 4.88. The number of furan rings is 1. The Morgan fingerprint density at radius 3 is 3.00 bits per heavy atom. The predicted molar refractivity (Wildman–Crippen MR) is 55.6 cm³/mol. The van der Waals surface area contributed by atoms with Gasteiger partial charge in [-0.3, -0.25) is 0 Å². The third-order valence-electron chi connectivity index (χ3n) is 1.96. The predicted octanol–water partition coefficient (Wildman–Crippen LogP) is 2.90. The second kappa shape index (κ2) is 6.28. The van der Waals surface area contributed by atoms with Gasteiger partial charge in [-0.1, -0.05) is 25.7 Å². The van der Waals surface area contributed by atoms with E-state index in [1.54, 1.807) is 12.1 Å². The first-order valence-corrected chi connectivity index (χ1v) is 5.04. The van der Waals surface area contributed by atoms with Crippen LogP contribution in [-0.4, -0.2) is 5.11 Å². The van der Waals surface area contributed by atoms with Crippen LogP contribution in [-0.2, 0) is 0 Å². The van der Waals surface area contributed by atoms with Crippen molar-refractivity contribution in [1.29, 1.82) is 0 Å². The summed E-state index contributed by atoms with van der Waals surface area (Å²) in [5.74, 6) is 6.23. The molecule has 1 aromatic rings. The molecule has 0 spiro atoms. The molecule has 1 N–H and O–H groups in total. The first-order chi connectivity index (χ1) is 6.84. The molecule has 0 aliphatic rings. The van der Waals surface area contributed by atoms with Crippen LogP contribution in [0.25, 0.3) is 0 Å². The summed E-state index contributed by atoms with van der Waals surface area (Å²) in [6.07, 6.45) is 5.12. The smallest absolute Gasteiger partial charge is 0.172 e. The molecule has 76 valence electrons. The molecule has 0 bridgehead atoms. The van der Waals surface area contributed by atoms with Crippen LogP contribution in [0.5, 0.6) is 0 Å². The van der Waals surface area contributed by atoms with Crippen molar-refractivity contribution in [3.63, 3.8) is 0 Å². The molecule has 1 atom stereocenters. The zero-order chi connectivity index (χ0) is 10.2. The van der Waals surface area contributed by atoms with Crippen molar-refractivity contribution >= 4 is 0 Å². The molecule has 0 radical (unpaired) electrons. The average Bonchev–Trinajstić information content (AvgIpc) is 2.70. The summed E-state index contributed by atoms with van der Waals surface area (Å²) in [4.78, 5) is 0. The molecule has 14 heavy (non-hydrogen) atoms. The number of unbranched alkanes of at least 4 members (excludes halogenated alkanes) is 3. The normalized spacial score (nSPS) is 11.9. The first-order valence-electron chi connectivity index (χ1n) is 5.04. The van der Waals surface area contributed by atoms with Crippen molar-refractivity contribution < 1.29 is 9.52 Å². The van der Waals surface area contributed by atoms with Gasteiger partial charge in [0.25, 0.3) is 0 Å². The monoisotopic (exact) mass is 192 g/mol. The molecule has 0 aliphatic heterocycles. The van der Waals surface area contributed by atoms with E-state index >= 15 is 0 Å². The maximum Gasteiger partial charge on any atom is 0.172 e. The second-order valence-electron chi connectivity index (χ2n) is 3.20. The molecule has 0 fully saturated rings. The van der Waals surface area contributed by atoms with E-state index in [2.05, 4.69) is 18.8 Å². The fraction of sp³-hybridized carbons (Fsp3) is 0.500. The van der Waals surface area contributed by atoms with Gasteiger partial charge in [0.2, 0.25) is 0 Å². The molecule has 1 heterocycles. The summed E-state index contributed by atoms with van der Waals surface area (Å²) in [5, 5.41) is 9.50. The van der Waals surface area contributed by atoms with E-state index in [0.717, 1.165) is 12.8 Å². The SMILES string of the molecule is CCCCCC#CC(O)c1ccco1. The summed E-state index contributed by atoms with van der Waals surface area (Å²) in [6, 6.07) is 3.47. The zero-order valence-electron chi connectivity index (χ0n) is 8.49. The molecule has 1 rings (SSSR count). The molecule has 2 heteroatoms. The van der Waals surface area contributed by atoms with Crippen LogP contribution in [0.2, 0.25) is 0 Å². The lowest BCUT2D eigenvalue weighted by Gasteiger charge is -1.96. The number of aliphatic hydroxyl groups excluding tert-OH is 1. The maximum absolute atomic E-state index is 9.50. The topological polar surface area (TPSA) is 33.4 Å². The molecule has 0 aromatic carbocycles. The fourth-order valence-electron chi connectivity index (χ4n) is 1.15. The van der Waals surface area contributed by atoms with Crippen LogP contribution in [0.3, 0.4) is 0 Å². The first kappa shape index (κ1) is 10.9. The molecule has 0 aliphatic carbocycles. The van der Waals surface area contributed by atoms with Crippen LogP contribution in [0.4, 0.5) is 0 Å². The summed E-state index contributed by atoms with van der Waals surface area (Å²) in [5.41, 5.74) is 0. The third kappa shape index (κ3) is 3.68. The quantitative estimate of drug-likeness (QED) is 0.587. The van der Waals surface area contributed by atoms with E-state index in [-0.39, 0.29) is 0 Å². The van der Waals surface area contributed by atoms with Crippen molar-refractivity contribution in [2.24, 2.45) is 0 Å². The van der Waals surface area contributed by atoms with Crippen molar-refractivity contribution in [3.05, 3.63) is 24.2 Å². The Labute approximate surface area is 84.9 Å². The van der Waals surface area contributed by atoms with Crippen molar-refractivity contribution in [2.45, 2.75) is 38.7 Å². The molecular formula is C12H16O2. The van der Waals surface area contributed by atoms with Crippen LogP contribution in [0.15, 0.2) is 22.8 Å². The fourth-order valence-corrected chi connectivity index (χ4v) is 1.15. The Morgan fingerprint density at radius 1 is 1.50 bits per heavy atom. The Balaban J connectivity index is 2.29.